The van der Waals surface area contributed by atoms with Crippen LogP contribution in [0.15, 0.2) is 24.3 Å². The quantitative estimate of drug-likeness (QED) is 0.651. The summed E-state index contributed by atoms with van der Waals surface area (Å²) in [5.41, 5.74) is 0. The van der Waals surface area contributed by atoms with Crippen molar-refractivity contribution in [1.82, 2.24) is 0 Å². The van der Waals surface area contributed by atoms with E-state index in [-0.39, 0.29) is 5.92 Å². The monoisotopic (exact) mass is 209 g/mol. The second-order valence-electron chi connectivity index (χ2n) is 3.97. The summed E-state index contributed by atoms with van der Waals surface area (Å²) >= 11 is 0. The van der Waals surface area contributed by atoms with Crippen LogP contribution in [0.1, 0.15) is 19.3 Å². The third kappa shape index (κ3) is 2.50. The lowest BCUT2D eigenvalue weighted by Crippen LogP contribution is -2.18. The SMILES string of the molecule is O=C1C=CC=CC1CC[S+]1CCCC1. The molecule has 76 valence electrons. The summed E-state index contributed by atoms with van der Waals surface area (Å²) in [6.07, 6.45) is 11.5. The van der Waals surface area contributed by atoms with Crippen molar-refractivity contribution in [3.8, 4) is 0 Å². The van der Waals surface area contributed by atoms with E-state index in [1.165, 1.54) is 30.1 Å². The summed E-state index contributed by atoms with van der Waals surface area (Å²) in [6, 6.07) is 0. The van der Waals surface area contributed by atoms with Gasteiger partial charge >= 0.3 is 0 Å². The summed E-state index contributed by atoms with van der Waals surface area (Å²) in [5.74, 6) is 4.60. The fraction of sp³-hybridized carbons (Fsp3) is 0.583. The smallest absolute Gasteiger partial charge is 0.162 e. The maximum absolute atomic E-state index is 11.5. The molecule has 0 bridgehead atoms. The molecular weight excluding hydrogens is 192 g/mol. The Morgan fingerprint density at radius 2 is 2.07 bits per heavy atom. The maximum Gasteiger partial charge on any atom is 0.162 e. The van der Waals surface area contributed by atoms with Crippen LogP contribution < -0.4 is 0 Å². The molecule has 1 nitrogen and oxygen atoms in total. The van der Waals surface area contributed by atoms with Gasteiger partial charge in [0.15, 0.2) is 5.78 Å². The van der Waals surface area contributed by atoms with Gasteiger partial charge < -0.3 is 0 Å². The fourth-order valence-electron chi connectivity index (χ4n) is 2.02. The number of carbonyl (C=O) groups is 1. The van der Waals surface area contributed by atoms with Crippen LogP contribution in [0.5, 0.6) is 0 Å². The lowest BCUT2D eigenvalue weighted by atomic mass is 9.97. The Morgan fingerprint density at radius 3 is 2.79 bits per heavy atom. The lowest BCUT2D eigenvalue weighted by molar-refractivity contribution is -0.117. The first kappa shape index (κ1) is 10.0. The molecule has 1 atom stereocenters. The van der Waals surface area contributed by atoms with E-state index in [1.807, 2.05) is 12.2 Å². The molecule has 0 spiro atoms. The van der Waals surface area contributed by atoms with Gasteiger partial charge in [-0.2, -0.15) is 0 Å². The van der Waals surface area contributed by atoms with Crippen LogP contribution in [-0.2, 0) is 15.7 Å². The number of hydrogen-bond acceptors (Lipinski definition) is 1. The molecule has 0 amide bonds. The van der Waals surface area contributed by atoms with Gasteiger partial charge in [-0.25, -0.2) is 0 Å². The van der Waals surface area contributed by atoms with Gasteiger partial charge in [-0.3, -0.25) is 4.79 Å². The topological polar surface area (TPSA) is 17.1 Å². The molecule has 0 saturated carbocycles. The Morgan fingerprint density at radius 1 is 1.29 bits per heavy atom. The summed E-state index contributed by atoms with van der Waals surface area (Å²) in [4.78, 5) is 11.5. The molecule has 2 heteroatoms. The second-order valence-corrected chi connectivity index (χ2v) is 6.42. The van der Waals surface area contributed by atoms with Crippen LogP contribution in [0.25, 0.3) is 0 Å². The van der Waals surface area contributed by atoms with Gasteiger partial charge in [0.25, 0.3) is 0 Å². The largest absolute Gasteiger partial charge is 0.294 e. The second kappa shape index (κ2) is 4.83. The predicted octanol–water partition coefficient (Wildman–Crippen LogP) is 2.10. The normalized spacial score (nSPS) is 27.4. The average molecular weight is 209 g/mol. The minimum absolute atomic E-state index is 0.188. The zero-order chi connectivity index (χ0) is 9.80. The van der Waals surface area contributed by atoms with E-state index in [0.717, 1.165) is 6.42 Å². The van der Waals surface area contributed by atoms with Gasteiger partial charge in [0.05, 0.1) is 0 Å². The number of carbonyl (C=O) groups excluding carboxylic acids is 1. The summed E-state index contributed by atoms with van der Waals surface area (Å²) < 4.78 is 0. The van der Waals surface area contributed by atoms with Crippen molar-refractivity contribution in [2.45, 2.75) is 19.3 Å². The van der Waals surface area contributed by atoms with Crippen molar-refractivity contribution in [2.24, 2.45) is 5.92 Å². The van der Waals surface area contributed by atoms with Crippen LogP contribution in [0.2, 0.25) is 0 Å². The molecule has 1 fully saturated rings. The van der Waals surface area contributed by atoms with Crippen molar-refractivity contribution in [1.29, 1.82) is 0 Å². The molecule has 0 aromatic rings. The first-order valence-corrected chi connectivity index (χ1v) is 7.12. The fourth-order valence-corrected chi connectivity index (χ4v) is 4.44. The molecule has 1 saturated heterocycles. The summed E-state index contributed by atoms with van der Waals surface area (Å²) in [6.45, 7) is 0. The van der Waals surface area contributed by atoms with Crippen molar-refractivity contribution < 1.29 is 4.79 Å². The standard InChI is InChI=1S/C12H17OS/c13-12-6-2-1-5-11(12)7-10-14-8-3-4-9-14/h1-2,5-6,11H,3-4,7-10H2/q+1. The minimum Gasteiger partial charge on any atom is -0.294 e. The third-order valence-electron chi connectivity index (χ3n) is 2.91. The van der Waals surface area contributed by atoms with Gasteiger partial charge in [-0.05, 0) is 29.8 Å². The molecule has 0 aromatic heterocycles. The Kier molecular flexibility index (Phi) is 3.46. The Hall–Kier alpha value is -0.500. The highest BCUT2D eigenvalue weighted by atomic mass is 32.2. The van der Waals surface area contributed by atoms with E-state index in [2.05, 4.69) is 6.08 Å². The van der Waals surface area contributed by atoms with E-state index in [4.69, 9.17) is 0 Å². The van der Waals surface area contributed by atoms with Crippen LogP contribution in [0, 0.1) is 5.92 Å². The van der Waals surface area contributed by atoms with Crippen molar-refractivity contribution in [2.75, 3.05) is 17.3 Å². The van der Waals surface area contributed by atoms with Gasteiger partial charge in [-0.1, -0.05) is 18.2 Å². The Balaban J connectivity index is 1.77. The minimum atomic E-state index is 0.188. The zero-order valence-corrected chi connectivity index (χ0v) is 9.26. The highest BCUT2D eigenvalue weighted by Gasteiger charge is 2.26. The highest BCUT2D eigenvalue weighted by Crippen LogP contribution is 2.19. The van der Waals surface area contributed by atoms with E-state index < -0.39 is 0 Å². The van der Waals surface area contributed by atoms with Gasteiger partial charge in [-0.15, -0.1) is 0 Å². The number of allylic oxidation sites excluding steroid dienone is 4. The molecule has 1 heterocycles. The van der Waals surface area contributed by atoms with Crippen LogP contribution in [0.3, 0.4) is 0 Å². The van der Waals surface area contributed by atoms with Crippen LogP contribution >= 0.6 is 0 Å². The van der Waals surface area contributed by atoms with Crippen LogP contribution in [0.4, 0.5) is 0 Å². The Bertz CT molecular complexity index is 261. The van der Waals surface area contributed by atoms with Gasteiger partial charge in [0.2, 0.25) is 0 Å². The predicted molar refractivity (Wildman–Crippen MR) is 62.6 cm³/mol. The average Bonchev–Trinajstić information content (AvgIpc) is 2.69. The lowest BCUT2D eigenvalue weighted by Gasteiger charge is -2.10. The molecule has 0 N–H and O–H groups in total. The molecule has 0 radical (unpaired) electrons. The molecule has 1 aliphatic heterocycles. The van der Waals surface area contributed by atoms with Crippen molar-refractivity contribution >= 4 is 16.7 Å². The number of ketones is 1. The molecule has 14 heavy (non-hydrogen) atoms. The molecule has 2 rings (SSSR count). The number of rotatable bonds is 3. The van der Waals surface area contributed by atoms with E-state index in [9.17, 15) is 4.79 Å². The first-order chi connectivity index (χ1) is 6.86. The molecular formula is C12H17OS+. The third-order valence-corrected chi connectivity index (χ3v) is 5.46. The van der Waals surface area contributed by atoms with Gasteiger partial charge in [0.1, 0.15) is 17.3 Å². The first-order valence-electron chi connectivity index (χ1n) is 5.39. The Labute approximate surface area is 88.6 Å². The highest BCUT2D eigenvalue weighted by molar-refractivity contribution is 7.97. The molecule has 2 aliphatic rings. The number of hydrogen-bond donors (Lipinski definition) is 0. The van der Waals surface area contributed by atoms with Crippen molar-refractivity contribution in [3.63, 3.8) is 0 Å². The zero-order valence-electron chi connectivity index (χ0n) is 8.45. The van der Waals surface area contributed by atoms with Crippen LogP contribution in [-0.4, -0.2) is 23.0 Å². The van der Waals surface area contributed by atoms with E-state index in [0.29, 0.717) is 16.7 Å². The molecule has 0 aromatic carbocycles. The summed E-state index contributed by atoms with van der Waals surface area (Å²) in [5, 5.41) is 0. The molecule has 1 unspecified atom stereocenters. The van der Waals surface area contributed by atoms with E-state index in [1.54, 1.807) is 6.08 Å². The van der Waals surface area contributed by atoms with Gasteiger partial charge in [0, 0.05) is 12.3 Å². The maximum atomic E-state index is 11.5. The summed E-state index contributed by atoms with van der Waals surface area (Å²) in [7, 11) is 0.646. The molecule has 1 aliphatic carbocycles. The van der Waals surface area contributed by atoms with E-state index >= 15 is 0 Å². The van der Waals surface area contributed by atoms with Crippen molar-refractivity contribution in [3.05, 3.63) is 24.3 Å².